The van der Waals surface area contributed by atoms with Gasteiger partial charge in [0.1, 0.15) is 6.54 Å². The molecule has 0 aliphatic heterocycles. The molecule has 0 aromatic heterocycles. The van der Waals surface area contributed by atoms with Gasteiger partial charge in [-0.05, 0) is 0 Å². The van der Waals surface area contributed by atoms with Crippen molar-refractivity contribution in [1.29, 1.82) is 0 Å². The largest absolute Gasteiger partial charge is 0.209 e. The first-order valence-electron chi connectivity index (χ1n) is 3.32. The van der Waals surface area contributed by atoms with E-state index >= 15 is 0 Å². The molecule has 0 radical (unpaired) electrons. The number of nitrogens with two attached hydrogens (primary N) is 1. The molecule has 0 aliphatic rings. The summed E-state index contributed by atoms with van der Waals surface area (Å²) in [6.45, 7) is 0.886. The van der Waals surface area contributed by atoms with Crippen molar-refractivity contribution in [3.63, 3.8) is 0 Å². The molecule has 10 heavy (non-hydrogen) atoms. The second-order valence-corrected chi connectivity index (χ2v) is 2.09. The van der Waals surface area contributed by atoms with Crippen molar-refractivity contribution >= 4 is 0 Å². The maximum atomic E-state index is 4.82. The van der Waals surface area contributed by atoms with Crippen LogP contribution in [0.5, 0.6) is 0 Å². The van der Waals surface area contributed by atoms with Gasteiger partial charge in [-0.2, -0.15) is 5.48 Å². The lowest BCUT2D eigenvalue weighted by Crippen LogP contribution is -2.80. The minimum absolute atomic E-state index is 0.886. The zero-order valence-corrected chi connectivity index (χ0v) is 6.08. The molecule has 0 fully saturated rings. The molecule has 1 rings (SSSR count). The maximum Gasteiger partial charge on any atom is 0.131 e. The molecular formula is C8H12NO+. The van der Waals surface area contributed by atoms with Gasteiger partial charge < -0.3 is 0 Å². The van der Waals surface area contributed by atoms with E-state index in [1.807, 2.05) is 18.2 Å². The molecule has 0 saturated carbocycles. The standard InChI is InChI=1S/C8H11NO/c1-10-9-7-8-5-3-2-4-6-8/h2-6,9H,7H2,1H3/p+1. The van der Waals surface area contributed by atoms with Gasteiger partial charge in [0.2, 0.25) is 0 Å². The van der Waals surface area contributed by atoms with E-state index in [1.54, 1.807) is 12.6 Å². The lowest BCUT2D eigenvalue weighted by atomic mass is 10.2. The number of benzene rings is 1. The number of hydroxylamine groups is 1. The van der Waals surface area contributed by atoms with Gasteiger partial charge in [-0.25, -0.2) is 4.84 Å². The number of rotatable bonds is 3. The SMILES string of the molecule is CO[NH2+]Cc1ccccc1. The summed E-state index contributed by atoms with van der Waals surface area (Å²) in [7, 11) is 1.67. The van der Waals surface area contributed by atoms with Crippen LogP contribution in [-0.4, -0.2) is 7.11 Å². The molecule has 1 aromatic carbocycles. The lowest BCUT2D eigenvalue weighted by Gasteiger charge is -1.95. The second-order valence-electron chi connectivity index (χ2n) is 2.09. The third kappa shape index (κ3) is 2.17. The van der Waals surface area contributed by atoms with Crippen molar-refractivity contribution in [2.75, 3.05) is 7.11 Å². The molecule has 1 aromatic rings. The molecule has 54 valence electrons. The van der Waals surface area contributed by atoms with E-state index < -0.39 is 0 Å². The highest BCUT2D eigenvalue weighted by Crippen LogP contribution is 1.93. The van der Waals surface area contributed by atoms with Gasteiger partial charge in [-0.1, -0.05) is 30.3 Å². The van der Waals surface area contributed by atoms with Gasteiger partial charge in [-0.15, -0.1) is 0 Å². The summed E-state index contributed by atoms with van der Waals surface area (Å²) in [4.78, 5) is 4.82. The summed E-state index contributed by atoms with van der Waals surface area (Å²) in [6, 6.07) is 10.2. The zero-order valence-electron chi connectivity index (χ0n) is 6.08. The Kier molecular flexibility index (Phi) is 2.93. The van der Waals surface area contributed by atoms with Crippen molar-refractivity contribution in [2.24, 2.45) is 0 Å². The molecule has 0 amide bonds. The molecule has 0 spiro atoms. The minimum Gasteiger partial charge on any atom is -0.209 e. The van der Waals surface area contributed by atoms with E-state index in [0.29, 0.717) is 0 Å². The minimum atomic E-state index is 0.886. The first kappa shape index (κ1) is 7.25. The molecule has 0 saturated heterocycles. The van der Waals surface area contributed by atoms with Gasteiger partial charge in [0.25, 0.3) is 0 Å². The fourth-order valence-corrected chi connectivity index (χ4v) is 0.794. The van der Waals surface area contributed by atoms with Crippen LogP contribution in [0.15, 0.2) is 30.3 Å². The van der Waals surface area contributed by atoms with Gasteiger partial charge >= 0.3 is 0 Å². The van der Waals surface area contributed by atoms with Crippen LogP contribution in [0.2, 0.25) is 0 Å². The Hall–Kier alpha value is -0.860. The Morgan fingerprint density at radius 1 is 1.30 bits per heavy atom. The summed E-state index contributed by atoms with van der Waals surface area (Å²) >= 11 is 0. The summed E-state index contributed by atoms with van der Waals surface area (Å²) < 4.78 is 0. The third-order valence-corrected chi connectivity index (χ3v) is 1.33. The Balaban J connectivity index is 2.43. The summed E-state index contributed by atoms with van der Waals surface area (Å²) in [5.41, 5.74) is 3.07. The molecule has 2 nitrogen and oxygen atoms in total. The predicted molar refractivity (Wildman–Crippen MR) is 39.1 cm³/mol. The van der Waals surface area contributed by atoms with Crippen LogP contribution in [0.4, 0.5) is 0 Å². The first-order valence-corrected chi connectivity index (χ1v) is 3.32. The predicted octanol–water partition coefficient (Wildman–Crippen LogP) is 0.311. The van der Waals surface area contributed by atoms with Crippen LogP contribution in [0.3, 0.4) is 0 Å². The van der Waals surface area contributed by atoms with Crippen molar-refractivity contribution < 1.29 is 10.3 Å². The first-order chi connectivity index (χ1) is 4.93. The van der Waals surface area contributed by atoms with Gasteiger partial charge in [0, 0.05) is 5.56 Å². The molecule has 0 bridgehead atoms. The van der Waals surface area contributed by atoms with E-state index in [1.165, 1.54) is 5.56 Å². The molecule has 0 atom stereocenters. The van der Waals surface area contributed by atoms with E-state index in [-0.39, 0.29) is 0 Å². The molecule has 2 N–H and O–H groups in total. The zero-order chi connectivity index (χ0) is 7.23. The van der Waals surface area contributed by atoms with Crippen LogP contribution in [-0.2, 0) is 11.4 Å². The topological polar surface area (TPSA) is 25.8 Å². The quantitative estimate of drug-likeness (QED) is 0.598. The van der Waals surface area contributed by atoms with Crippen LogP contribution in [0.1, 0.15) is 5.56 Å². The number of hydrogen-bond acceptors (Lipinski definition) is 1. The average molecular weight is 138 g/mol. The van der Waals surface area contributed by atoms with E-state index in [9.17, 15) is 0 Å². The molecule has 0 unspecified atom stereocenters. The van der Waals surface area contributed by atoms with Crippen molar-refractivity contribution in [3.8, 4) is 0 Å². The Bertz CT molecular complexity index is 174. The van der Waals surface area contributed by atoms with Crippen LogP contribution in [0.25, 0.3) is 0 Å². The Labute approximate surface area is 60.8 Å². The van der Waals surface area contributed by atoms with E-state index in [2.05, 4.69) is 12.1 Å². The summed E-state index contributed by atoms with van der Waals surface area (Å²) in [6.07, 6.45) is 0. The fourth-order valence-electron chi connectivity index (χ4n) is 0.794. The number of hydrogen-bond donors (Lipinski definition) is 1. The highest BCUT2D eigenvalue weighted by atomic mass is 16.6. The summed E-state index contributed by atoms with van der Waals surface area (Å²) in [5, 5.41) is 0. The summed E-state index contributed by atoms with van der Waals surface area (Å²) in [5.74, 6) is 0. The van der Waals surface area contributed by atoms with Crippen molar-refractivity contribution in [1.82, 2.24) is 0 Å². The maximum absolute atomic E-state index is 4.82. The highest BCUT2D eigenvalue weighted by molar-refractivity contribution is 5.12. The second kappa shape index (κ2) is 4.04. The van der Waals surface area contributed by atoms with Gasteiger partial charge in [-0.3, -0.25) is 0 Å². The molecule has 2 heteroatoms. The molecule has 0 aliphatic carbocycles. The molecular weight excluding hydrogens is 126 g/mol. The van der Waals surface area contributed by atoms with E-state index in [0.717, 1.165) is 6.54 Å². The highest BCUT2D eigenvalue weighted by Gasteiger charge is 1.89. The van der Waals surface area contributed by atoms with Crippen LogP contribution < -0.4 is 5.48 Å². The monoisotopic (exact) mass is 138 g/mol. The van der Waals surface area contributed by atoms with Crippen LogP contribution >= 0.6 is 0 Å². The third-order valence-electron chi connectivity index (χ3n) is 1.33. The van der Waals surface area contributed by atoms with Gasteiger partial charge in [0.15, 0.2) is 0 Å². The Morgan fingerprint density at radius 2 is 2.00 bits per heavy atom. The molecule has 0 heterocycles. The number of quaternary nitrogens is 1. The van der Waals surface area contributed by atoms with Gasteiger partial charge in [0.05, 0.1) is 7.11 Å². The van der Waals surface area contributed by atoms with Crippen molar-refractivity contribution in [3.05, 3.63) is 35.9 Å². The van der Waals surface area contributed by atoms with E-state index in [4.69, 9.17) is 4.84 Å². The van der Waals surface area contributed by atoms with Crippen LogP contribution in [0, 0.1) is 0 Å². The fraction of sp³-hybridized carbons (Fsp3) is 0.250. The Morgan fingerprint density at radius 3 is 2.60 bits per heavy atom. The normalized spacial score (nSPS) is 9.70. The average Bonchev–Trinajstić information content (AvgIpc) is 2.03. The lowest BCUT2D eigenvalue weighted by molar-refractivity contribution is -0.901. The van der Waals surface area contributed by atoms with Crippen molar-refractivity contribution in [2.45, 2.75) is 6.54 Å². The smallest absolute Gasteiger partial charge is 0.131 e.